The Kier molecular flexibility index (Phi) is 10.2. The topological polar surface area (TPSA) is 122 Å². The number of nitrogens with one attached hydrogen (secondary N) is 2. The molecular weight excluding hydrogens is 557 g/mol. The number of unbranched alkanes of at least 4 members (excludes halogenated alkanes) is 1. The lowest BCUT2D eigenvalue weighted by Crippen LogP contribution is -2.22. The molecule has 0 aliphatic carbocycles. The van der Waals surface area contributed by atoms with Crippen LogP contribution in [-0.2, 0) is 24.1 Å². The number of aryl methyl sites for hydroxylation is 2. The highest BCUT2D eigenvalue weighted by Gasteiger charge is 2.31. The number of ether oxygens (including phenoxy) is 1. The van der Waals surface area contributed by atoms with E-state index in [2.05, 4.69) is 35.8 Å². The van der Waals surface area contributed by atoms with Crippen molar-refractivity contribution in [1.82, 2.24) is 20.4 Å². The number of benzene rings is 2. The van der Waals surface area contributed by atoms with Crippen LogP contribution in [0.25, 0.3) is 0 Å². The van der Waals surface area contributed by atoms with Crippen molar-refractivity contribution in [2.45, 2.75) is 57.5 Å². The summed E-state index contributed by atoms with van der Waals surface area (Å²) in [6.07, 6.45) is -2.72. The Hall–Kier alpha value is -4.10. The average molecular weight is 587 g/mol. The van der Waals surface area contributed by atoms with Gasteiger partial charge in [0.15, 0.2) is 5.82 Å². The van der Waals surface area contributed by atoms with E-state index in [1.807, 2.05) is 37.3 Å². The second-order valence-corrected chi connectivity index (χ2v) is 10.4. The van der Waals surface area contributed by atoms with Crippen molar-refractivity contribution in [1.29, 1.82) is 0 Å². The number of hydrogen-bond acceptors (Lipinski definition) is 9. The first kappa shape index (κ1) is 29.9. The standard InChI is InChI=1S/C28H29F3N6O3S/c1-18(20-9-3-2-4-10-20)26(39)33-27-37-36-25(41-27)13-6-5-11-21-14-15-23(35-34-21)32-24(38)17-19-8-7-12-22(16-19)40-28(29,30)31/h2-4,7-10,12,14-16,18,24,38H,5-6,11,13,17H2,1H3,(H,32,35)(H,33,37,39). The minimum atomic E-state index is -4.78. The number of aliphatic hydroxyl groups is 1. The molecule has 9 nitrogen and oxygen atoms in total. The molecule has 2 aromatic heterocycles. The maximum Gasteiger partial charge on any atom is 0.573 e. The zero-order valence-electron chi connectivity index (χ0n) is 22.1. The molecule has 0 saturated heterocycles. The zero-order chi connectivity index (χ0) is 29.2. The molecule has 0 aliphatic rings. The number of carbonyl (C=O) groups is 1. The number of carbonyl (C=O) groups excluding carboxylic acids is 1. The van der Waals surface area contributed by atoms with Crippen LogP contribution in [0.2, 0.25) is 0 Å². The van der Waals surface area contributed by atoms with Crippen LogP contribution in [0, 0.1) is 0 Å². The number of aromatic nitrogens is 4. The van der Waals surface area contributed by atoms with Gasteiger partial charge in [0, 0.05) is 12.8 Å². The van der Waals surface area contributed by atoms with Crippen LogP contribution in [0.15, 0.2) is 66.7 Å². The predicted octanol–water partition coefficient (Wildman–Crippen LogP) is 5.51. The highest BCUT2D eigenvalue weighted by molar-refractivity contribution is 7.15. The van der Waals surface area contributed by atoms with Crippen molar-refractivity contribution in [2.24, 2.45) is 0 Å². The van der Waals surface area contributed by atoms with Gasteiger partial charge in [-0.05, 0) is 61.6 Å². The summed E-state index contributed by atoms with van der Waals surface area (Å²) in [6, 6.07) is 18.5. The van der Waals surface area contributed by atoms with E-state index in [0.717, 1.165) is 35.5 Å². The molecule has 1 amide bonds. The number of rotatable bonds is 13. The van der Waals surface area contributed by atoms with Gasteiger partial charge in [0.05, 0.1) is 11.6 Å². The summed E-state index contributed by atoms with van der Waals surface area (Å²) in [5, 5.41) is 33.7. The quantitative estimate of drug-likeness (QED) is 0.139. The molecule has 4 aromatic rings. The fourth-order valence-electron chi connectivity index (χ4n) is 3.98. The SMILES string of the molecule is CC(C(=O)Nc1nnc(CCCCc2ccc(NC(O)Cc3cccc(OC(F)(F)F)c3)nn2)s1)c1ccccc1. The highest BCUT2D eigenvalue weighted by atomic mass is 32.1. The number of aliphatic hydroxyl groups excluding tert-OH is 1. The van der Waals surface area contributed by atoms with Crippen LogP contribution in [0.1, 0.15) is 47.5 Å². The molecule has 2 heterocycles. The lowest BCUT2D eigenvalue weighted by Gasteiger charge is -2.14. The smallest absolute Gasteiger partial charge is 0.406 e. The van der Waals surface area contributed by atoms with Crippen LogP contribution >= 0.6 is 11.3 Å². The van der Waals surface area contributed by atoms with Gasteiger partial charge < -0.3 is 20.5 Å². The number of hydrogen-bond donors (Lipinski definition) is 3. The Morgan fingerprint density at radius 2 is 1.76 bits per heavy atom. The molecule has 0 fully saturated rings. The Labute approximate surface area is 238 Å². The number of halogens is 3. The largest absolute Gasteiger partial charge is 0.573 e. The first-order valence-electron chi connectivity index (χ1n) is 12.9. The van der Waals surface area contributed by atoms with Gasteiger partial charge >= 0.3 is 6.36 Å². The molecule has 2 aromatic carbocycles. The van der Waals surface area contributed by atoms with Crippen molar-refractivity contribution in [3.05, 3.63) is 88.6 Å². The van der Waals surface area contributed by atoms with E-state index in [4.69, 9.17) is 0 Å². The van der Waals surface area contributed by atoms with E-state index < -0.39 is 12.6 Å². The highest BCUT2D eigenvalue weighted by Crippen LogP contribution is 2.24. The van der Waals surface area contributed by atoms with Gasteiger partial charge in [-0.3, -0.25) is 4.79 Å². The molecule has 0 spiro atoms. The number of amides is 1. The Morgan fingerprint density at radius 3 is 2.49 bits per heavy atom. The number of alkyl halides is 3. The lowest BCUT2D eigenvalue weighted by atomic mass is 10.0. The molecule has 0 bridgehead atoms. The van der Waals surface area contributed by atoms with Crippen molar-refractivity contribution < 1.29 is 27.8 Å². The van der Waals surface area contributed by atoms with Gasteiger partial charge in [0.25, 0.3) is 0 Å². The second kappa shape index (κ2) is 14.0. The maximum absolute atomic E-state index is 12.5. The molecule has 2 unspecified atom stereocenters. The number of anilines is 2. The van der Waals surface area contributed by atoms with E-state index in [0.29, 0.717) is 22.9 Å². The zero-order valence-corrected chi connectivity index (χ0v) is 23.0. The first-order valence-corrected chi connectivity index (χ1v) is 13.8. The summed E-state index contributed by atoms with van der Waals surface area (Å²) in [5.41, 5.74) is 2.17. The van der Waals surface area contributed by atoms with Crippen LogP contribution in [0.5, 0.6) is 5.75 Å². The summed E-state index contributed by atoms with van der Waals surface area (Å²) >= 11 is 1.36. The van der Waals surface area contributed by atoms with E-state index in [1.165, 1.54) is 29.5 Å². The van der Waals surface area contributed by atoms with Crippen LogP contribution in [-0.4, -0.2) is 44.0 Å². The van der Waals surface area contributed by atoms with Crippen LogP contribution in [0.4, 0.5) is 24.1 Å². The van der Waals surface area contributed by atoms with Crippen molar-refractivity contribution in [3.8, 4) is 5.75 Å². The number of nitrogens with zero attached hydrogens (tertiary/aromatic N) is 4. The normalized spacial score (nSPS) is 12.9. The summed E-state index contributed by atoms with van der Waals surface area (Å²) in [5.74, 6) is -0.437. The van der Waals surface area contributed by atoms with Crippen molar-refractivity contribution in [2.75, 3.05) is 10.6 Å². The monoisotopic (exact) mass is 586 g/mol. The molecule has 2 atom stereocenters. The predicted molar refractivity (Wildman–Crippen MR) is 149 cm³/mol. The summed E-state index contributed by atoms with van der Waals surface area (Å²) in [6.45, 7) is 1.85. The Bertz CT molecular complexity index is 1400. The second-order valence-electron chi connectivity index (χ2n) is 9.30. The van der Waals surface area contributed by atoms with E-state index in [-0.39, 0.29) is 24.0 Å². The fraction of sp³-hybridized carbons (Fsp3) is 0.321. The molecule has 3 N–H and O–H groups in total. The van der Waals surface area contributed by atoms with Gasteiger partial charge in [0.1, 0.15) is 17.0 Å². The molecule has 13 heteroatoms. The molecule has 0 aliphatic heterocycles. The summed E-state index contributed by atoms with van der Waals surface area (Å²) in [4.78, 5) is 12.5. The third-order valence-electron chi connectivity index (χ3n) is 6.06. The van der Waals surface area contributed by atoms with Gasteiger partial charge in [-0.2, -0.15) is 5.10 Å². The molecule has 41 heavy (non-hydrogen) atoms. The lowest BCUT2D eigenvalue weighted by molar-refractivity contribution is -0.274. The Balaban J connectivity index is 1.16. The summed E-state index contributed by atoms with van der Waals surface area (Å²) < 4.78 is 41.2. The third kappa shape index (κ3) is 9.80. The molecule has 4 rings (SSSR count). The molecule has 0 radical (unpaired) electrons. The fourth-order valence-corrected chi connectivity index (χ4v) is 4.76. The van der Waals surface area contributed by atoms with E-state index in [9.17, 15) is 23.1 Å². The minimum absolute atomic E-state index is 0.0432. The third-order valence-corrected chi connectivity index (χ3v) is 6.96. The van der Waals surface area contributed by atoms with Crippen LogP contribution in [0.3, 0.4) is 0 Å². The van der Waals surface area contributed by atoms with E-state index in [1.54, 1.807) is 18.2 Å². The van der Waals surface area contributed by atoms with Gasteiger partial charge in [-0.25, -0.2) is 0 Å². The van der Waals surface area contributed by atoms with Crippen molar-refractivity contribution >= 4 is 28.2 Å². The maximum atomic E-state index is 12.5. The first-order chi connectivity index (χ1) is 19.6. The molecule has 216 valence electrons. The van der Waals surface area contributed by atoms with Gasteiger partial charge in [0.2, 0.25) is 11.0 Å². The molecule has 0 saturated carbocycles. The van der Waals surface area contributed by atoms with Gasteiger partial charge in [-0.15, -0.1) is 28.5 Å². The van der Waals surface area contributed by atoms with Crippen LogP contribution < -0.4 is 15.4 Å². The summed E-state index contributed by atoms with van der Waals surface area (Å²) in [7, 11) is 0. The Morgan fingerprint density at radius 1 is 0.976 bits per heavy atom. The average Bonchev–Trinajstić information content (AvgIpc) is 3.38. The minimum Gasteiger partial charge on any atom is -0.406 e. The van der Waals surface area contributed by atoms with E-state index >= 15 is 0 Å². The van der Waals surface area contributed by atoms with Crippen molar-refractivity contribution in [3.63, 3.8) is 0 Å². The van der Waals surface area contributed by atoms with Gasteiger partial charge in [-0.1, -0.05) is 53.8 Å². The molecular formula is C28H29F3N6O3S.